The Morgan fingerprint density at radius 2 is 2.00 bits per heavy atom. The summed E-state index contributed by atoms with van der Waals surface area (Å²) in [4.78, 5) is 0. The largest absolute Gasteiger partial charge is 0.382 e. The highest BCUT2D eigenvalue weighted by atomic mass is 19.1. The molecule has 0 amide bonds. The third-order valence-corrected chi connectivity index (χ3v) is 1.55. The minimum absolute atomic E-state index is 0.0773. The van der Waals surface area contributed by atoms with Gasteiger partial charge in [-0.2, -0.15) is 0 Å². The van der Waals surface area contributed by atoms with E-state index in [1.54, 1.807) is 0 Å². The first-order chi connectivity index (χ1) is 6.24. The maximum atomic E-state index is 12.9. The van der Waals surface area contributed by atoms with Crippen molar-refractivity contribution in [2.24, 2.45) is 0 Å². The third kappa shape index (κ3) is 2.97. The van der Waals surface area contributed by atoms with Gasteiger partial charge in [-0.15, -0.1) is 0 Å². The summed E-state index contributed by atoms with van der Waals surface area (Å²) in [5.41, 5.74) is 0.0773. The SMILES string of the molecule is FCCCNc1cc(F)ccc1F. The van der Waals surface area contributed by atoms with Gasteiger partial charge < -0.3 is 5.32 Å². The normalized spacial score (nSPS) is 10.1. The molecule has 0 aliphatic rings. The predicted molar refractivity (Wildman–Crippen MR) is 45.4 cm³/mol. The highest BCUT2D eigenvalue weighted by molar-refractivity contribution is 5.44. The van der Waals surface area contributed by atoms with Crippen molar-refractivity contribution >= 4 is 5.69 Å². The molecule has 13 heavy (non-hydrogen) atoms. The average molecular weight is 189 g/mol. The van der Waals surface area contributed by atoms with Crippen molar-refractivity contribution in [1.82, 2.24) is 0 Å². The Morgan fingerprint density at radius 3 is 2.69 bits per heavy atom. The van der Waals surface area contributed by atoms with Crippen LogP contribution in [0.15, 0.2) is 18.2 Å². The van der Waals surface area contributed by atoms with E-state index >= 15 is 0 Å². The number of alkyl halides is 1. The lowest BCUT2D eigenvalue weighted by Gasteiger charge is -2.05. The first kappa shape index (κ1) is 9.89. The summed E-state index contributed by atoms with van der Waals surface area (Å²) < 4.78 is 37.1. The van der Waals surface area contributed by atoms with Gasteiger partial charge >= 0.3 is 0 Å². The molecule has 0 aromatic heterocycles. The third-order valence-electron chi connectivity index (χ3n) is 1.55. The van der Waals surface area contributed by atoms with E-state index < -0.39 is 18.3 Å². The van der Waals surface area contributed by atoms with Crippen LogP contribution in [-0.2, 0) is 0 Å². The maximum Gasteiger partial charge on any atom is 0.146 e. The van der Waals surface area contributed by atoms with Crippen LogP contribution in [0.4, 0.5) is 18.9 Å². The highest BCUT2D eigenvalue weighted by Crippen LogP contribution is 2.14. The molecule has 1 rings (SSSR count). The summed E-state index contributed by atoms with van der Waals surface area (Å²) in [6, 6.07) is 3.12. The summed E-state index contributed by atoms with van der Waals surface area (Å²) in [5.74, 6) is -1.04. The van der Waals surface area contributed by atoms with E-state index in [9.17, 15) is 13.2 Å². The summed E-state index contributed by atoms with van der Waals surface area (Å²) in [6.45, 7) is -0.166. The average Bonchev–Trinajstić information content (AvgIpc) is 2.11. The molecule has 0 radical (unpaired) electrons. The number of nitrogens with one attached hydrogen (secondary N) is 1. The molecular formula is C9H10F3N. The van der Waals surface area contributed by atoms with Crippen molar-refractivity contribution in [2.75, 3.05) is 18.5 Å². The van der Waals surface area contributed by atoms with Crippen molar-refractivity contribution in [3.05, 3.63) is 29.8 Å². The molecule has 1 aromatic carbocycles. The van der Waals surface area contributed by atoms with E-state index in [1.807, 2.05) is 0 Å². The lowest BCUT2D eigenvalue weighted by molar-refractivity contribution is 0.480. The molecule has 0 unspecified atom stereocenters. The first-order valence-corrected chi connectivity index (χ1v) is 3.99. The van der Waals surface area contributed by atoms with Crippen LogP contribution < -0.4 is 5.32 Å². The summed E-state index contributed by atoms with van der Waals surface area (Å²) in [5, 5.41) is 2.60. The topological polar surface area (TPSA) is 12.0 Å². The molecule has 0 saturated heterocycles. The van der Waals surface area contributed by atoms with Crippen LogP contribution in [0.5, 0.6) is 0 Å². The molecule has 0 aliphatic heterocycles. The van der Waals surface area contributed by atoms with Crippen LogP contribution in [0.25, 0.3) is 0 Å². The first-order valence-electron chi connectivity index (χ1n) is 3.99. The van der Waals surface area contributed by atoms with Crippen LogP contribution in [0.3, 0.4) is 0 Å². The fourth-order valence-electron chi connectivity index (χ4n) is 0.923. The van der Waals surface area contributed by atoms with Gasteiger partial charge in [-0.25, -0.2) is 8.78 Å². The van der Waals surface area contributed by atoms with Crippen LogP contribution in [0.2, 0.25) is 0 Å². The van der Waals surface area contributed by atoms with Crippen LogP contribution in [0, 0.1) is 11.6 Å². The van der Waals surface area contributed by atoms with Crippen molar-refractivity contribution in [2.45, 2.75) is 6.42 Å². The molecule has 0 aliphatic carbocycles. The maximum absolute atomic E-state index is 12.9. The number of halogens is 3. The van der Waals surface area contributed by atoms with Gasteiger partial charge in [0.15, 0.2) is 0 Å². The van der Waals surface area contributed by atoms with Gasteiger partial charge in [-0.05, 0) is 24.6 Å². The Hall–Kier alpha value is -1.19. The second kappa shape index (κ2) is 4.74. The standard InChI is InChI=1S/C9H10F3N/c10-4-1-5-13-9-6-7(11)2-3-8(9)12/h2-3,6,13H,1,4-5H2. The molecule has 72 valence electrons. The van der Waals surface area contributed by atoms with Crippen molar-refractivity contribution in [3.63, 3.8) is 0 Å². The molecular weight excluding hydrogens is 179 g/mol. The Labute approximate surface area is 74.6 Å². The van der Waals surface area contributed by atoms with E-state index in [2.05, 4.69) is 5.32 Å². The molecule has 0 fully saturated rings. The number of hydrogen-bond donors (Lipinski definition) is 1. The number of hydrogen-bond acceptors (Lipinski definition) is 1. The summed E-state index contributed by atoms with van der Waals surface area (Å²) >= 11 is 0. The fraction of sp³-hybridized carbons (Fsp3) is 0.333. The summed E-state index contributed by atoms with van der Waals surface area (Å²) in [7, 11) is 0. The fourth-order valence-corrected chi connectivity index (χ4v) is 0.923. The van der Waals surface area contributed by atoms with Gasteiger partial charge in [0.25, 0.3) is 0 Å². The minimum Gasteiger partial charge on any atom is -0.382 e. The Kier molecular flexibility index (Phi) is 3.61. The van der Waals surface area contributed by atoms with Crippen LogP contribution >= 0.6 is 0 Å². The smallest absolute Gasteiger partial charge is 0.146 e. The second-order valence-electron chi connectivity index (χ2n) is 2.59. The molecule has 4 heteroatoms. The van der Waals surface area contributed by atoms with Crippen molar-refractivity contribution in [1.29, 1.82) is 0 Å². The zero-order valence-electron chi connectivity index (χ0n) is 6.99. The number of rotatable bonds is 4. The molecule has 0 spiro atoms. The van der Waals surface area contributed by atoms with Gasteiger partial charge in [0.05, 0.1) is 12.4 Å². The van der Waals surface area contributed by atoms with Gasteiger partial charge in [-0.3, -0.25) is 4.39 Å². The van der Waals surface area contributed by atoms with Gasteiger partial charge in [0.1, 0.15) is 11.6 Å². The van der Waals surface area contributed by atoms with Gasteiger partial charge in [0, 0.05) is 6.54 Å². The molecule has 0 bridgehead atoms. The monoisotopic (exact) mass is 189 g/mol. The lowest BCUT2D eigenvalue weighted by Crippen LogP contribution is -2.04. The quantitative estimate of drug-likeness (QED) is 0.718. The molecule has 0 saturated carbocycles. The second-order valence-corrected chi connectivity index (χ2v) is 2.59. The van der Waals surface area contributed by atoms with Gasteiger partial charge in [0.2, 0.25) is 0 Å². The van der Waals surface area contributed by atoms with E-state index in [1.165, 1.54) is 0 Å². The highest BCUT2D eigenvalue weighted by Gasteiger charge is 2.01. The Bertz CT molecular complexity index is 276. The van der Waals surface area contributed by atoms with E-state index in [-0.39, 0.29) is 12.1 Å². The van der Waals surface area contributed by atoms with Crippen molar-refractivity contribution in [3.8, 4) is 0 Å². The molecule has 1 N–H and O–H groups in total. The van der Waals surface area contributed by atoms with E-state index in [4.69, 9.17) is 0 Å². The van der Waals surface area contributed by atoms with Crippen LogP contribution in [-0.4, -0.2) is 13.2 Å². The summed E-state index contributed by atoms with van der Waals surface area (Å²) in [6.07, 6.45) is 0.288. The Morgan fingerprint density at radius 1 is 1.23 bits per heavy atom. The molecule has 0 atom stereocenters. The Balaban J connectivity index is 2.59. The molecule has 1 aromatic rings. The number of benzene rings is 1. The number of anilines is 1. The molecule has 1 nitrogen and oxygen atoms in total. The molecule has 0 heterocycles. The van der Waals surface area contributed by atoms with E-state index in [0.717, 1.165) is 18.2 Å². The van der Waals surface area contributed by atoms with Gasteiger partial charge in [-0.1, -0.05) is 0 Å². The van der Waals surface area contributed by atoms with Crippen molar-refractivity contribution < 1.29 is 13.2 Å². The zero-order valence-corrected chi connectivity index (χ0v) is 6.99. The minimum atomic E-state index is -0.528. The predicted octanol–water partition coefficient (Wildman–Crippen LogP) is 2.74. The van der Waals surface area contributed by atoms with Crippen LogP contribution in [0.1, 0.15) is 6.42 Å². The van der Waals surface area contributed by atoms with E-state index in [0.29, 0.717) is 6.54 Å². The zero-order chi connectivity index (χ0) is 9.68. The lowest BCUT2D eigenvalue weighted by atomic mass is 10.3.